The summed E-state index contributed by atoms with van der Waals surface area (Å²) in [6, 6.07) is 0. The van der Waals surface area contributed by atoms with E-state index in [0.717, 1.165) is 96.3 Å². The van der Waals surface area contributed by atoms with Crippen molar-refractivity contribution in [3.05, 3.63) is 85.1 Å². The molecule has 1 unspecified atom stereocenters. The summed E-state index contributed by atoms with van der Waals surface area (Å²) >= 11 is 0. The zero-order valence-corrected chi connectivity index (χ0v) is 41.1. The largest absolute Gasteiger partial charge is 0.462 e. The van der Waals surface area contributed by atoms with Crippen molar-refractivity contribution in [2.75, 3.05) is 13.2 Å². The third kappa shape index (κ3) is 49.5. The predicted molar refractivity (Wildman–Crippen MR) is 270 cm³/mol. The van der Waals surface area contributed by atoms with Crippen molar-refractivity contribution in [1.82, 2.24) is 0 Å². The molecule has 6 nitrogen and oxygen atoms in total. The molecule has 0 fully saturated rings. The van der Waals surface area contributed by atoms with Crippen molar-refractivity contribution in [3.63, 3.8) is 0 Å². The lowest BCUT2D eigenvalue weighted by atomic mass is 10.1. The molecule has 63 heavy (non-hydrogen) atoms. The van der Waals surface area contributed by atoms with Gasteiger partial charge >= 0.3 is 17.9 Å². The Morgan fingerprint density at radius 1 is 0.349 bits per heavy atom. The van der Waals surface area contributed by atoms with Gasteiger partial charge in [-0.25, -0.2) is 0 Å². The molecule has 0 amide bonds. The molecule has 0 aromatic rings. The molecule has 1 atom stereocenters. The van der Waals surface area contributed by atoms with E-state index in [1.165, 1.54) is 96.3 Å². The van der Waals surface area contributed by atoms with Crippen LogP contribution in [-0.2, 0) is 28.6 Å². The number of rotatable bonds is 46. The van der Waals surface area contributed by atoms with Gasteiger partial charge in [0, 0.05) is 19.3 Å². The number of carbonyl (C=O) groups excluding carboxylic acids is 3. The van der Waals surface area contributed by atoms with E-state index >= 15 is 0 Å². The first-order valence-corrected chi connectivity index (χ1v) is 26.1. The van der Waals surface area contributed by atoms with Crippen LogP contribution in [0.1, 0.15) is 239 Å². The number of hydrogen-bond acceptors (Lipinski definition) is 6. The molecule has 0 spiro atoms. The maximum absolute atomic E-state index is 12.8. The highest BCUT2D eigenvalue weighted by atomic mass is 16.6. The number of ether oxygens (including phenoxy) is 3. The van der Waals surface area contributed by atoms with Crippen LogP contribution < -0.4 is 0 Å². The smallest absolute Gasteiger partial charge is 0.306 e. The molecular weight excluding hydrogens is 781 g/mol. The van der Waals surface area contributed by atoms with Gasteiger partial charge in [-0.05, 0) is 96.3 Å². The standard InChI is InChI=1S/C57H96O6/c1-4-7-10-13-16-19-22-25-27-29-32-35-38-41-44-47-50-56(59)62-53-54(52-61-55(58)49-46-43-40-37-34-31-24-21-18-15-12-9-6-3)63-57(60)51-48-45-42-39-36-33-30-28-26-23-20-17-14-11-8-5-2/h7,10,16,19,25,27-28,30-31,33-34,36,40,43,54H,4-6,8-9,11-15,17-18,20-24,26,29,32,35,37-39,41-42,44-53H2,1-3H3/b10-7-,19-16-,27-25-,30-28-,34-31-,36-33-,43-40-. The lowest BCUT2D eigenvalue weighted by Gasteiger charge is -2.18. The van der Waals surface area contributed by atoms with Crippen molar-refractivity contribution >= 4 is 17.9 Å². The molecule has 0 aliphatic rings. The topological polar surface area (TPSA) is 78.9 Å². The van der Waals surface area contributed by atoms with Gasteiger partial charge in [0.1, 0.15) is 13.2 Å². The van der Waals surface area contributed by atoms with Gasteiger partial charge in [0.15, 0.2) is 6.10 Å². The van der Waals surface area contributed by atoms with Gasteiger partial charge < -0.3 is 14.2 Å². The second-order valence-electron chi connectivity index (χ2n) is 17.1. The fraction of sp³-hybridized carbons (Fsp3) is 0.702. The summed E-state index contributed by atoms with van der Waals surface area (Å²) in [5.74, 6) is -1.02. The quantitative estimate of drug-likeness (QED) is 0.0199. The van der Waals surface area contributed by atoms with Crippen LogP contribution in [0.15, 0.2) is 85.1 Å². The Balaban J connectivity index is 4.51. The highest BCUT2D eigenvalue weighted by Crippen LogP contribution is 2.13. The second kappa shape index (κ2) is 51.2. The molecule has 0 aromatic carbocycles. The van der Waals surface area contributed by atoms with Gasteiger partial charge in [-0.15, -0.1) is 0 Å². The fourth-order valence-electron chi connectivity index (χ4n) is 6.97. The lowest BCUT2D eigenvalue weighted by molar-refractivity contribution is -0.166. The summed E-state index contributed by atoms with van der Waals surface area (Å²) in [7, 11) is 0. The van der Waals surface area contributed by atoms with Gasteiger partial charge in [-0.3, -0.25) is 14.4 Å². The van der Waals surface area contributed by atoms with E-state index in [9.17, 15) is 14.4 Å². The van der Waals surface area contributed by atoms with Crippen LogP contribution in [0.4, 0.5) is 0 Å². The van der Waals surface area contributed by atoms with Crippen LogP contribution >= 0.6 is 0 Å². The molecule has 0 aromatic heterocycles. The van der Waals surface area contributed by atoms with Gasteiger partial charge in [0.2, 0.25) is 0 Å². The fourth-order valence-corrected chi connectivity index (χ4v) is 6.97. The highest BCUT2D eigenvalue weighted by molar-refractivity contribution is 5.71. The maximum atomic E-state index is 12.8. The summed E-state index contributed by atoms with van der Waals surface area (Å²) in [4.78, 5) is 37.9. The number of unbranched alkanes of at least 4 members (excludes halogenated alkanes) is 22. The summed E-state index contributed by atoms with van der Waals surface area (Å²) in [5.41, 5.74) is 0. The first-order chi connectivity index (χ1) is 31.0. The molecular formula is C57H96O6. The third-order valence-electron chi connectivity index (χ3n) is 10.9. The van der Waals surface area contributed by atoms with Crippen LogP contribution in [0.5, 0.6) is 0 Å². The minimum absolute atomic E-state index is 0.112. The van der Waals surface area contributed by atoms with Gasteiger partial charge in [-0.1, -0.05) is 209 Å². The molecule has 0 N–H and O–H groups in total. The van der Waals surface area contributed by atoms with Gasteiger partial charge in [0.25, 0.3) is 0 Å². The lowest BCUT2D eigenvalue weighted by Crippen LogP contribution is -2.30. The first-order valence-electron chi connectivity index (χ1n) is 26.1. The third-order valence-corrected chi connectivity index (χ3v) is 10.9. The van der Waals surface area contributed by atoms with Crippen molar-refractivity contribution in [2.24, 2.45) is 0 Å². The average Bonchev–Trinajstić information content (AvgIpc) is 3.28. The molecule has 0 rings (SSSR count). The summed E-state index contributed by atoms with van der Waals surface area (Å²) in [5, 5.41) is 0. The van der Waals surface area contributed by atoms with E-state index in [2.05, 4.69) is 99.8 Å². The molecule has 0 saturated carbocycles. The summed E-state index contributed by atoms with van der Waals surface area (Å²) in [6.45, 7) is 6.42. The SMILES string of the molecule is CC/C=C\C/C=C\C/C=C\CCCCCCCCC(=O)OCC(COC(=O)CC/C=C\C/C=C\CCCCCCCC)OC(=O)CCCCC/C=C\C=C/CCCCCCCCC. The number of hydrogen-bond donors (Lipinski definition) is 0. The van der Waals surface area contributed by atoms with Crippen molar-refractivity contribution in [1.29, 1.82) is 0 Å². The summed E-state index contributed by atoms with van der Waals surface area (Å²) < 4.78 is 16.7. The Labute approximate surface area is 388 Å². The molecule has 0 radical (unpaired) electrons. The van der Waals surface area contributed by atoms with Gasteiger partial charge in [-0.2, -0.15) is 0 Å². The van der Waals surface area contributed by atoms with E-state index in [1.807, 2.05) is 6.08 Å². The van der Waals surface area contributed by atoms with Crippen LogP contribution in [-0.4, -0.2) is 37.2 Å². The Morgan fingerprint density at radius 2 is 0.698 bits per heavy atom. The number of esters is 3. The summed E-state index contributed by atoms with van der Waals surface area (Å²) in [6.07, 6.45) is 65.8. The molecule has 0 saturated heterocycles. The number of allylic oxidation sites excluding steroid dienone is 14. The minimum Gasteiger partial charge on any atom is -0.462 e. The Morgan fingerprint density at radius 3 is 1.17 bits per heavy atom. The normalized spacial score (nSPS) is 12.7. The van der Waals surface area contributed by atoms with Crippen LogP contribution in [0.3, 0.4) is 0 Å². The van der Waals surface area contributed by atoms with Gasteiger partial charge in [0.05, 0.1) is 0 Å². The highest BCUT2D eigenvalue weighted by Gasteiger charge is 2.19. The second-order valence-corrected chi connectivity index (χ2v) is 17.1. The monoisotopic (exact) mass is 877 g/mol. The minimum atomic E-state index is -0.818. The van der Waals surface area contributed by atoms with E-state index in [-0.39, 0.29) is 44.0 Å². The van der Waals surface area contributed by atoms with Crippen molar-refractivity contribution in [3.8, 4) is 0 Å². The van der Waals surface area contributed by atoms with Crippen molar-refractivity contribution in [2.45, 2.75) is 245 Å². The Bertz CT molecular complexity index is 1240. The van der Waals surface area contributed by atoms with Crippen molar-refractivity contribution < 1.29 is 28.6 Å². The van der Waals surface area contributed by atoms with Crippen LogP contribution in [0.25, 0.3) is 0 Å². The van der Waals surface area contributed by atoms with E-state index in [0.29, 0.717) is 12.8 Å². The molecule has 360 valence electrons. The number of carbonyl (C=O) groups is 3. The average molecular weight is 877 g/mol. The first kappa shape index (κ1) is 59.6. The van der Waals surface area contributed by atoms with E-state index < -0.39 is 6.10 Å². The molecule has 0 bridgehead atoms. The van der Waals surface area contributed by atoms with Crippen LogP contribution in [0.2, 0.25) is 0 Å². The molecule has 0 aliphatic carbocycles. The maximum Gasteiger partial charge on any atom is 0.306 e. The predicted octanol–water partition coefficient (Wildman–Crippen LogP) is 17.2. The van der Waals surface area contributed by atoms with E-state index in [4.69, 9.17) is 14.2 Å². The zero-order valence-electron chi connectivity index (χ0n) is 41.1. The Kier molecular flexibility index (Phi) is 48.5. The van der Waals surface area contributed by atoms with Crippen LogP contribution in [0, 0.1) is 0 Å². The van der Waals surface area contributed by atoms with E-state index in [1.54, 1.807) is 0 Å². The zero-order chi connectivity index (χ0) is 45.8. The molecule has 0 heterocycles. The Hall–Kier alpha value is -3.41. The molecule has 0 aliphatic heterocycles. The molecule has 6 heteroatoms.